The van der Waals surface area contributed by atoms with Crippen LogP contribution >= 0.6 is 0 Å². The molecule has 5 rings (SSSR count). The number of carbonyl (C=O) groups is 1. The van der Waals surface area contributed by atoms with Crippen LogP contribution in [0.25, 0.3) is 0 Å². The first-order valence-electron chi connectivity index (χ1n) is 11.2. The number of benzene rings is 2. The SMILES string of the molecule is Cc1cc2n(n1)CCCN2Cc1ccc(C(=O)NC(C)c2ccc3c(c2)OCCO3)cc1. The number of nitrogens with one attached hydrogen (secondary N) is 1. The van der Waals surface area contributed by atoms with Crippen LogP contribution in [0.2, 0.25) is 0 Å². The van der Waals surface area contributed by atoms with Gasteiger partial charge in [-0.25, -0.2) is 4.68 Å². The summed E-state index contributed by atoms with van der Waals surface area (Å²) in [5.41, 5.74) is 3.86. The average molecular weight is 433 g/mol. The summed E-state index contributed by atoms with van der Waals surface area (Å²) in [5, 5.41) is 7.64. The van der Waals surface area contributed by atoms with Crippen LogP contribution in [0.3, 0.4) is 0 Å². The molecule has 1 amide bonds. The Kier molecular flexibility index (Phi) is 5.47. The fourth-order valence-corrected chi connectivity index (χ4v) is 4.31. The number of hydrogen-bond acceptors (Lipinski definition) is 5. The van der Waals surface area contributed by atoms with Gasteiger partial charge in [-0.3, -0.25) is 4.79 Å². The zero-order valence-electron chi connectivity index (χ0n) is 18.5. The van der Waals surface area contributed by atoms with E-state index in [1.165, 1.54) is 11.4 Å². The molecule has 3 aromatic rings. The van der Waals surface area contributed by atoms with Crippen molar-refractivity contribution in [3.63, 3.8) is 0 Å². The highest BCUT2D eigenvalue weighted by molar-refractivity contribution is 5.94. The van der Waals surface area contributed by atoms with Gasteiger partial charge in [0.1, 0.15) is 19.0 Å². The molecule has 0 fully saturated rings. The number of anilines is 1. The summed E-state index contributed by atoms with van der Waals surface area (Å²) in [4.78, 5) is 15.1. The van der Waals surface area contributed by atoms with E-state index in [1.807, 2.05) is 56.3 Å². The zero-order chi connectivity index (χ0) is 22.1. The summed E-state index contributed by atoms with van der Waals surface area (Å²) in [5.74, 6) is 2.56. The quantitative estimate of drug-likeness (QED) is 0.663. The first kappa shape index (κ1) is 20.4. The molecule has 0 bridgehead atoms. The monoisotopic (exact) mass is 432 g/mol. The van der Waals surface area contributed by atoms with Crippen molar-refractivity contribution in [2.75, 3.05) is 24.7 Å². The van der Waals surface area contributed by atoms with Crippen LogP contribution in [-0.2, 0) is 13.1 Å². The molecule has 1 N–H and O–H groups in total. The number of aryl methyl sites for hydroxylation is 2. The summed E-state index contributed by atoms with van der Waals surface area (Å²) in [6.45, 7) is 7.90. The molecule has 3 heterocycles. The van der Waals surface area contributed by atoms with Gasteiger partial charge in [-0.1, -0.05) is 18.2 Å². The second kappa shape index (κ2) is 8.57. The number of fused-ring (bicyclic) bond motifs is 2. The molecule has 2 aliphatic rings. The summed E-state index contributed by atoms with van der Waals surface area (Å²) in [6, 6.07) is 15.7. The van der Waals surface area contributed by atoms with Gasteiger partial charge in [-0.05, 0) is 55.7 Å². The Morgan fingerprint density at radius 1 is 1.06 bits per heavy atom. The number of rotatable bonds is 5. The van der Waals surface area contributed by atoms with Crippen molar-refractivity contribution >= 4 is 11.7 Å². The lowest BCUT2D eigenvalue weighted by Crippen LogP contribution is -2.31. The third-order valence-corrected chi connectivity index (χ3v) is 6.01. The highest BCUT2D eigenvalue weighted by Crippen LogP contribution is 2.32. The van der Waals surface area contributed by atoms with Gasteiger partial charge in [0.15, 0.2) is 11.5 Å². The van der Waals surface area contributed by atoms with Gasteiger partial charge in [-0.15, -0.1) is 0 Å². The van der Waals surface area contributed by atoms with E-state index in [-0.39, 0.29) is 11.9 Å². The minimum Gasteiger partial charge on any atom is -0.486 e. The van der Waals surface area contributed by atoms with Gasteiger partial charge in [0.25, 0.3) is 5.91 Å². The predicted octanol–water partition coefficient (Wildman–Crippen LogP) is 3.86. The second-order valence-corrected chi connectivity index (χ2v) is 8.44. The van der Waals surface area contributed by atoms with Crippen LogP contribution < -0.4 is 19.7 Å². The molecule has 32 heavy (non-hydrogen) atoms. The van der Waals surface area contributed by atoms with E-state index in [0.717, 1.165) is 48.8 Å². The van der Waals surface area contributed by atoms with Gasteiger partial charge < -0.3 is 19.7 Å². The highest BCUT2D eigenvalue weighted by Gasteiger charge is 2.19. The molecule has 7 heteroatoms. The third kappa shape index (κ3) is 4.15. The van der Waals surface area contributed by atoms with Gasteiger partial charge in [-0.2, -0.15) is 5.10 Å². The standard InChI is InChI=1S/C25H28N4O3/c1-17-14-24-28(10-3-11-29(24)27-17)16-19-4-6-20(7-5-19)25(30)26-18(2)21-8-9-22-23(15-21)32-13-12-31-22/h4-9,14-15,18H,3,10-13,16H2,1-2H3,(H,26,30). The maximum Gasteiger partial charge on any atom is 0.251 e. The van der Waals surface area contributed by atoms with Crippen LogP contribution in [0.1, 0.15) is 46.6 Å². The largest absolute Gasteiger partial charge is 0.486 e. The summed E-state index contributed by atoms with van der Waals surface area (Å²) in [7, 11) is 0. The third-order valence-electron chi connectivity index (χ3n) is 6.01. The molecular formula is C25H28N4O3. The minimum absolute atomic E-state index is 0.0920. The van der Waals surface area contributed by atoms with Crippen LogP contribution in [0.15, 0.2) is 48.5 Å². The molecule has 0 saturated carbocycles. The fourth-order valence-electron chi connectivity index (χ4n) is 4.31. The van der Waals surface area contributed by atoms with Gasteiger partial charge in [0.05, 0.1) is 11.7 Å². The van der Waals surface area contributed by atoms with Crippen molar-refractivity contribution in [2.45, 2.75) is 39.4 Å². The minimum atomic E-state index is -0.144. The molecule has 1 atom stereocenters. The maximum absolute atomic E-state index is 12.8. The number of amides is 1. The maximum atomic E-state index is 12.8. The number of aromatic nitrogens is 2. The lowest BCUT2D eigenvalue weighted by molar-refractivity contribution is 0.0939. The first-order valence-corrected chi connectivity index (χ1v) is 11.2. The molecule has 0 aliphatic carbocycles. The Labute approximate surface area is 187 Å². The van der Waals surface area contributed by atoms with Crippen molar-refractivity contribution in [3.8, 4) is 11.5 Å². The number of nitrogens with zero attached hydrogens (tertiary/aromatic N) is 3. The highest BCUT2D eigenvalue weighted by atomic mass is 16.6. The molecule has 2 aliphatic heterocycles. The van der Waals surface area contributed by atoms with Crippen molar-refractivity contribution in [3.05, 3.63) is 70.9 Å². The summed E-state index contributed by atoms with van der Waals surface area (Å²) >= 11 is 0. The fraction of sp³-hybridized carbons (Fsp3) is 0.360. The first-order chi connectivity index (χ1) is 15.6. The number of ether oxygens (including phenoxy) is 2. The Balaban J connectivity index is 1.23. The smallest absolute Gasteiger partial charge is 0.251 e. The molecule has 0 radical (unpaired) electrons. The van der Waals surface area contributed by atoms with Crippen molar-refractivity contribution in [1.29, 1.82) is 0 Å². The molecule has 1 unspecified atom stereocenters. The molecule has 0 saturated heterocycles. The Morgan fingerprint density at radius 3 is 2.66 bits per heavy atom. The van der Waals surface area contributed by atoms with Crippen molar-refractivity contribution < 1.29 is 14.3 Å². The summed E-state index contributed by atoms with van der Waals surface area (Å²) in [6.07, 6.45) is 1.09. The van der Waals surface area contributed by atoms with Crippen LogP contribution in [-0.4, -0.2) is 35.4 Å². The molecule has 7 nitrogen and oxygen atoms in total. The van der Waals surface area contributed by atoms with E-state index < -0.39 is 0 Å². The summed E-state index contributed by atoms with van der Waals surface area (Å²) < 4.78 is 13.3. The zero-order valence-corrected chi connectivity index (χ0v) is 18.5. The molecule has 1 aromatic heterocycles. The van der Waals surface area contributed by atoms with E-state index in [9.17, 15) is 4.79 Å². The van der Waals surface area contributed by atoms with Gasteiger partial charge in [0, 0.05) is 31.3 Å². The van der Waals surface area contributed by atoms with Crippen LogP contribution in [0, 0.1) is 6.92 Å². The van der Waals surface area contributed by atoms with E-state index in [2.05, 4.69) is 26.1 Å². The number of carbonyl (C=O) groups excluding carboxylic acids is 1. The Hall–Kier alpha value is -3.48. The lowest BCUT2D eigenvalue weighted by atomic mass is 10.1. The average Bonchev–Trinajstić information content (AvgIpc) is 3.20. The molecule has 166 valence electrons. The second-order valence-electron chi connectivity index (χ2n) is 8.44. The molecule has 0 spiro atoms. The number of hydrogen-bond donors (Lipinski definition) is 1. The lowest BCUT2D eigenvalue weighted by Gasteiger charge is -2.29. The van der Waals surface area contributed by atoms with E-state index in [0.29, 0.717) is 18.8 Å². The van der Waals surface area contributed by atoms with E-state index in [4.69, 9.17) is 9.47 Å². The topological polar surface area (TPSA) is 68.6 Å². The van der Waals surface area contributed by atoms with Crippen LogP contribution in [0.4, 0.5) is 5.82 Å². The molecular weight excluding hydrogens is 404 g/mol. The Morgan fingerprint density at radius 2 is 1.84 bits per heavy atom. The van der Waals surface area contributed by atoms with E-state index in [1.54, 1.807) is 0 Å². The van der Waals surface area contributed by atoms with Gasteiger partial charge in [0.2, 0.25) is 0 Å². The Bertz CT molecular complexity index is 1120. The normalized spacial score (nSPS) is 15.8. The molecule has 2 aromatic carbocycles. The van der Waals surface area contributed by atoms with Crippen molar-refractivity contribution in [2.24, 2.45) is 0 Å². The van der Waals surface area contributed by atoms with Crippen molar-refractivity contribution in [1.82, 2.24) is 15.1 Å². The van der Waals surface area contributed by atoms with Crippen LogP contribution in [0.5, 0.6) is 11.5 Å². The van der Waals surface area contributed by atoms with Gasteiger partial charge >= 0.3 is 0 Å². The van der Waals surface area contributed by atoms with E-state index >= 15 is 0 Å². The predicted molar refractivity (Wildman–Crippen MR) is 122 cm³/mol.